The molecule has 2 rings (SSSR count). The van der Waals surface area contributed by atoms with Crippen LogP contribution in [0.15, 0.2) is 53.2 Å². The molecule has 1 aliphatic rings. The van der Waals surface area contributed by atoms with Crippen molar-refractivity contribution in [1.29, 1.82) is 0 Å². The van der Waals surface area contributed by atoms with Crippen molar-refractivity contribution < 1.29 is 18.8 Å². The van der Waals surface area contributed by atoms with Gasteiger partial charge in [0.1, 0.15) is 11.5 Å². The van der Waals surface area contributed by atoms with Crippen molar-refractivity contribution in [3.8, 4) is 0 Å². The molecule has 1 aliphatic carbocycles. The Morgan fingerprint density at radius 2 is 1.89 bits per heavy atom. The third-order valence-corrected chi connectivity index (χ3v) is 2.47. The molecule has 0 aliphatic heterocycles. The number of hydrogen-bond donors (Lipinski definition) is 0. The average Bonchev–Trinajstić information content (AvgIpc) is 2.40. The predicted octanol–water partition coefficient (Wildman–Crippen LogP) is 2.42. The highest BCUT2D eigenvalue weighted by Crippen LogP contribution is 2.07. The molecule has 1 aromatic rings. The largest absolute Gasteiger partial charge is 0.365 e. The fourth-order valence-electron chi connectivity index (χ4n) is 1.42. The molecule has 5 heteroatoms. The van der Waals surface area contributed by atoms with E-state index in [4.69, 9.17) is 4.84 Å². The van der Waals surface area contributed by atoms with Gasteiger partial charge in [-0.3, -0.25) is 4.79 Å². The van der Waals surface area contributed by atoms with Gasteiger partial charge in [-0.2, -0.15) is 0 Å². The van der Waals surface area contributed by atoms with Crippen LogP contribution in [0.2, 0.25) is 0 Å². The smallest absolute Gasteiger partial charge is 0.312 e. The van der Waals surface area contributed by atoms with E-state index in [-0.39, 0.29) is 11.3 Å². The van der Waals surface area contributed by atoms with Crippen molar-refractivity contribution in [3.63, 3.8) is 0 Å². The lowest BCUT2D eigenvalue weighted by Crippen LogP contribution is -2.07. The van der Waals surface area contributed by atoms with Crippen LogP contribution >= 0.6 is 0 Å². The normalized spacial score (nSPS) is 16.4. The molecular weight excluding hydrogens is 249 g/mol. The maximum atomic E-state index is 12.7. The number of rotatable bonds is 2. The van der Waals surface area contributed by atoms with Crippen molar-refractivity contribution >= 4 is 17.5 Å². The quantitative estimate of drug-likeness (QED) is 0.465. The molecule has 96 valence electrons. The van der Waals surface area contributed by atoms with Gasteiger partial charge in [-0.25, -0.2) is 9.18 Å². The number of ketones is 1. The first-order valence-electron chi connectivity index (χ1n) is 5.52. The van der Waals surface area contributed by atoms with Crippen LogP contribution in [0.5, 0.6) is 0 Å². The van der Waals surface area contributed by atoms with E-state index in [2.05, 4.69) is 5.16 Å². The van der Waals surface area contributed by atoms with Gasteiger partial charge < -0.3 is 4.84 Å². The first-order valence-corrected chi connectivity index (χ1v) is 5.52. The van der Waals surface area contributed by atoms with Crippen LogP contribution in [-0.2, 0) is 9.63 Å². The second-order valence-corrected chi connectivity index (χ2v) is 3.93. The zero-order valence-corrected chi connectivity index (χ0v) is 10.1. The van der Waals surface area contributed by atoms with Crippen LogP contribution in [0.3, 0.4) is 0 Å². The summed E-state index contributed by atoms with van der Waals surface area (Å²) in [4.78, 5) is 27.5. The molecule has 0 saturated heterocycles. The zero-order valence-electron chi connectivity index (χ0n) is 10.1. The molecule has 0 heterocycles. The first kappa shape index (κ1) is 12.9. The fourth-order valence-corrected chi connectivity index (χ4v) is 1.42. The van der Waals surface area contributed by atoms with E-state index in [0.717, 1.165) is 12.1 Å². The van der Waals surface area contributed by atoms with E-state index in [9.17, 15) is 14.0 Å². The Morgan fingerprint density at radius 1 is 1.21 bits per heavy atom. The summed E-state index contributed by atoms with van der Waals surface area (Å²) >= 11 is 0. The highest BCUT2D eigenvalue weighted by atomic mass is 19.1. The summed E-state index contributed by atoms with van der Waals surface area (Å²) in [6, 6.07) is 4.93. The summed E-state index contributed by atoms with van der Waals surface area (Å²) in [6.45, 7) is 1.64. The first-order chi connectivity index (χ1) is 9.06. The molecular formula is C14H10FNO3. The summed E-state index contributed by atoms with van der Waals surface area (Å²) in [6.07, 6.45) is 4.31. The van der Waals surface area contributed by atoms with Crippen LogP contribution in [-0.4, -0.2) is 17.5 Å². The Hall–Kier alpha value is -2.56. The Labute approximate surface area is 108 Å². The van der Waals surface area contributed by atoms with E-state index < -0.39 is 11.8 Å². The lowest BCUT2D eigenvalue weighted by atomic mass is 10.1. The van der Waals surface area contributed by atoms with Gasteiger partial charge in [-0.05, 0) is 55.0 Å². The van der Waals surface area contributed by atoms with Crippen molar-refractivity contribution in [2.75, 3.05) is 0 Å². The van der Waals surface area contributed by atoms with Crippen LogP contribution < -0.4 is 0 Å². The second-order valence-electron chi connectivity index (χ2n) is 3.93. The molecule has 1 aromatic carbocycles. The summed E-state index contributed by atoms with van der Waals surface area (Å²) in [7, 11) is 0. The van der Waals surface area contributed by atoms with E-state index in [1.54, 1.807) is 6.92 Å². The molecule has 4 nitrogen and oxygen atoms in total. The maximum absolute atomic E-state index is 12.7. The molecule has 0 bridgehead atoms. The molecule has 0 fully saturated rings. The van der Waals surface area contributed by atoms with Crippen LogP contribution in [0.25, 0.3) is 0 Å². The molecule has 0 spiro atoms. The molecule has 0 N–H and O–H groups in total. The van der Waals surface area contributed by atoms with Gasteiger partial charge in [0.05, 0.1) is 5.56 Å². The minimum Gasteiger partial charge on any atom is -0.312 e. The number of carbonyl (C=O) groups excluding carboxylic acids is 2. The van der Waals surface area contributed by atoms with Gasteiger partial charge in [0.15, 0.2) is 5.78 Å². The molecule has 19 heavy (non-hydrogen) atoms. The Bertz CT molecular complexity index is 612. The minimum atomic E-state index is -0.691. The van der Waals surface area contributed by atoms with E-state index >= 15 is 0 Å². The van der Waals surface area contributed by atoms with Gasteiger partial charge in [0, 0.05) is 0 Å². The molecule has 0 radical (unpaired) electrons. The summed E-state index contributed by atoms with van der Waals surface area (Å²) in [5.74, 6) is -1.23. The van der Waals surface area contributed by atoms with E-state index in [1.807, 2.05) is 0 Å². The van der Waals surface area contributed by atoms with Crippen molar-refractivity contribution in [2.24, 2.45) is 5.16 Å². The Balaban J connectivity index is 2.07. The van der Waals surface area contributed by atoms with E-state index in [1.165, 1.54) is 30.4 Å². The van der Waals surface area contributed by atoms with Gasteiger partial charge in [0.25, 0.3) is 0 Å². The Morgan fingerprint density at radius 3 is 2.53 bits per heavy atom. The lowest BCUT2D eigenvalue weighted by molar-refractivity contribution is -0.111. The lowest BCUT2D eigenvalue weighted by Gasteiger charge is -2.03. The standard InChI is InChI=1S/C14H10FNO3/c1-9-8-12(6-7-13(9)17)16-19-14(18)10-2-4-11(15)5-3-10/h2-8H,1H3/b16-12-. The topological polar surface area (TPSA) is 55.7 Å². The summed E-state index contributed by atoms with van der Waals surface area (Å²) < 4.78 is 12.7. The van der Waals surface area contributed by atoms with Crippen molar-refractivity contribution in [2.45, 2.75) is 6.92 Å². The summed E-state index contributed by atoms with van der Waals surface area (Å²) in [5, 5.41) is 3.62. The number of allylic oxidation sites excluding steroid dienone is 4. The molecule has 0 aromatic heterocycles. The van der Waals surface area contributed by atoms with E-state index in [0.29, 0.717) is 11.3 Å². The molecule has 0 unspecified atom stereocenters. The zero-order chi connectivity index (χ0) is 13.8. The number of carbonyl (C=O) groups is 2. The molecule has 0 atom stereocenters. The summed E-state index contributed by atoms with van der Waals surface area (Å²) in [5.41, 5.74) is 1.08. The highest BCUT2D eigenvalue weighted by Gasteiger charge is 2.10. The molecule has 0 saturated carbocycles. The number of oxime groups is 1. The second kappa shape index (κ2) is 5.39. The monoisotopic (exact) mass is 259 g/mol. The average molecular weight is 259 g/mol. The Kier molecular flexibility index (Phi) is 3.66. The van der Waals surface area contributed by atoms with Crippen LogP contribution in [0.4, 0.5) is 4.39 Å². The third kappa shape index (κ3) is 3.22. The van der Waals surface area contributed by atoms with Crippen LogP contribution in [0, 0.1) is 5.82 Å². The SMILES string of the molecule is CC1=C/C(=N\OC(=O)c2ccc(F)cc2)C=CC1=O. The van der Waals surface area contributed by atoms with Gasteiger partial charge in [-0.15, -0.1) is 0 Å². The molecule has 0 amide bonds. The van der Waals surface area contributed by atoms with Gasteiger partial charge in [-0.1, -0.05) is 5.16 Å². The van der Waals surface area contributed by atoms with Gasteiger partial charge >= 0.3 is 5.97 Å². The number of halogens is 1. The van der Waals surface area contributed by atoms with Crippen molar-refractivity contribution in [3.05, 3.63) is 59.4 Å². The minimum absolute atomic E-state index is 0.108. The number of nitrogens with zero attached hydrogens (tertiary/aromatic N) is 1. The van der Waals surface area contributed by atoms with Gasteiger partial charge in [0.2, 0.25) is 0 Å². The number of hydrogen-bond acceptors (Lipinski definition) is 4. The number of benzene rings is 1. The third-order valence-electron chi connectivity index (χ3n) is 2.47. The van der Waals surface area contributed by atoms with Crippen LogP contribution in [0.1, 0.15) is 17.3 Å². The van der Waals surface area contributed by atoms with Crippen molar-refractivity contribution in [1.82, 2.24) is 0 Å². The maximum Gasteiger partial charge on any atom is 0.365 e. The highest BCUT2D eigenvalue weighted by molar-refractivity contribution is 6.18. The predicted molar refractivity (Wildman–Crippen MR) is 67.2 cm³/mol. The fraction of sp³-hybridized carbons (Fsp3) is 0.0714.